The molecule has 0 aliphatic rings. The van der Waals surface area contributed by atoms with E-state index in [2.05, 4.69) is 4.98 Å². The van der Waals surface area contributed by atoms with E-state index in [-0.39, 0.29) is 24.5 Å². The highest BCUT2D eigenvalue weighted by atomic mass is 32.1. The van der Waals surface area contributed by atoms with Crippen LogP contribution in [0.1, 0.15) is 17.3 Å². The van der Waals surface area contributed by atoms with Crippen LogP contribution in [0.25, 0.3) is 10.2 Å². The summed E-state index contributed by atoms with van der Waals surface area (Å²) < 4.78 is 7.45. The Hall–Kier alpha value is -2.51. The monoisotopic (exact) mass is 344 g/mol. The first kappa shape index (κ1) is 16.4. The first-order valence-electron chi connectivity index (χ1n) is 7.39. The van der Waals surface area contributed by atoms with Crippen molar-refractivity contribution in [3.8, 4) is 5.75 Å². The molecule has 0 aliphatic heterocycles. The van der Waals surface area contributed by atoms with Gasteiger partial charge in [0.05, 0.1) is 18.4 Å². The normalized spacial score (nSPS) is 12.2. The van der Waals surface area contributed by atoms with Crippen molar-refractivity contribution in [2.75, 3.05) is 6.61 Å². The van der Waals surface area contributed by atoms with Gasteiger partial charge < -0.3 is 9.84 Å². The van der Waals surface area contributed by atoms with E-state index in [1.807, 2.05) is 5.38 Å². The summed E-state index contributed by atoms with van der Waals surface area (Å²) in [6.07, 6.45) is 0.555. The van der Waals surface area contributed by atoms with E-state index >= 15 is 0 Å². The van der Waals surface area contributed by atoms with E-state index in [0.29, 0.717) is 21.5 Å². The van der Waals surface area contributed by atoms with Crippen LogP contribution in [0.2, 0.25) is 0 Å². The maximum Gasteiger partial charge on any atom is 0.271 e. The predicted octanol–water partition coefficient (Wildman–Crippen LogP) is 2.10. The van der Waals surface area contributed by atoms with Crippen molar-refractivity contribution >= 4 is 27.3 Å². The van der Waals surface area contributed by atoms with Crippen molar-refractivity contribution < 1.29 is 14.6 Å². The second kappa shape index (κ2) is 6.94. The highest BCUT2D eigenvalue weighted by Crippen LogP contribution is 2.15. The number of carbonyl (C=O) groups is 1. The molecular weight excluding hydrogens is 328 g/mol. The topological polar surface area (TPSA) is 81.4 Å². The Balaban J connectivity index is 1.66. The zero-order valence-electron chi connectivity index (χ0n) is 13.0. The van der Waals surface area contributed by atoms with Crippen LogP contribution in [0.4, 0.5) is 0 Å². The number of fused-ring (bicyclic) bond motifs is 1. The van der Waals surface area contributed by atoms with Crippen LogP contribution in [0.3, 0.4) is 0 Å². The van der Waals surface area contributed by atoms with Crippen LogP contribution in [-0.4, -0.2) is 33.2 Å². The number of thiophene rings is 1. The molecule has 0 aliphatic carbocycles. The second-order valence-electron chi connectivity index (χ2n) is 5.39. The highest BCUT2D eigenvalue weighted by molar-refractivity contribution is 7.17. The molecule has 3 rings (SSSR count). The molecule has 0 saturated carbocycles. The molecule has 0 bridgehead atoms. The number of hydrogen-bond donors (Lipinski definition) is 1. The number of aromatic nitrogens is 2. The zero-order chi connectivity index (χ0) is 17.1. The largest absolute Gasteiger partial charge is 0.491 e. The SMILES string of the molecule is CC(=O)c1cccc(OCC(O)Cn2cnc3ccsc3c2=O)c1. The van der Waals surface area contributed by atoms with Crippen LogP contribution in [0.5, 0.6) is 5.75 Å². The molecule has 0 saturated heterocycles. The van der Waals surface area contributed by atoms with Gasteiger partial charge in [0.25, 0.3) is 5.56 Å². The minimum Gasteiger partial charge on any atom is -0.491 e. The first-order chi connectivity index (χ1) is 11.5. The fourth-order valence-electron chi connectivity index (χ4n) is 2.29. The lowest BCUT2D eigenvalue weighted by atomic mass is 10.1. The van der Waals surface area contributed by atoms with Gasteiger partial charge in [0, 0.05) is 5.56 Å². The van der Waals surface area contributed by atoms with Gasteiger partial charge in [-0.3, -0.25) is 14.2 Å². The third kappa shape index (κ3) is 3.52. The number of Topliss-reactive ketones (excluding diaryl/α,β-unsaturated/α-hetero) is 1. The lowest BCUT2D eigenvalue weighted by Gasteiger charge is -2.14. The van der Waals surface area contributed by atoms with Gasteiger partial charge in [0.1, 0.15) is 23.2 Å². The number of ketones is 1. The van der Waals surface area contributed by atoms with Crippen LogP contribution >= 0.6 is 11.3 Å². The van der Waals surface area contributed by atoms with E-state index in [1.165, 1.54) is 29.2 Å². The molecule has 1 N–H and O–H groups in total. The molecule has 1 atom stereocenters. The number of rotatable bonds is 6. The molecule has 7 heteroatoms. The van der Waals surface area contributed by atoms with Crippen molar-refractivity contribution in [3.63, 3.8) is 0 Å². The molecule has 3 aromatic rings. The van der Waals surface area contributed by atoms with E-state index in [1.54, 1.807) is 30.3 Å². The average molecular weight is 344 g/mol. The second-order valence-corrected chi connectivity index (χ2v) is 6.30. The van der Waals surface area contributed by atoms with Crippen LogP contribution < -0.4 is 10.3 Å². The number of benzene rings is 1. The maximum absolute atomic E-state index is 12.3. The smallest absolute Gasteiger partial charge is 0.271 e. The molecule has 24 heavy (non-hydrogen) atoms. The van der Waals surface area contributed by atoms with Gasteiger partial charge in [-0.1, -0.05) is 12.1 Å². The Morgan fingerprint density at radius 3 is 3.04 bits per heavy atom. The summed E-state index contributed by atoms with van der Waals surface area (Å²) in [5, 5.41) is 11.9. The van der Waals surface area contributed by atoms with Crippen molar-refractivity contribution in [3.05, 3.63) is 58.0 Å². The number of aliphatic hydroxyl groups excluding tert-OH is 1. The Kier molecular flexibility index (Phi) is 4.73. The molecule has 0 amide bonds. The van der Waals surface area contributed by atoms with Crippen LogP contribution in [0, 0.1) is 0 Å². The Morgan fingerprint density at radius 1 is 1.42 bits per heavy atom. The summed E-state index contributed by atoms with van der Waals surface area (Å²) in [6.45, 7) is 1.58. The third-order valence-corrected chi connectivity index (χ3v) is 4.42. The van der Waals surface area contributed by atoms with Crippen molar-refractivity contribution in [2.45, 2.75) is 19.6 Å². The lowest BCUT2D eigenvalue weighted by molar-refractivity contribution is 0.0913. The van der Waals surface area contributed by atoms with E-state index in [9.17, 15) is 14.7 Å². The van der Waals surface area contributed by atoms with Gasteiger partial charge >= 0.3 is 0 Å². The minimum absolute atomic E-state index is 0.0102. The summed E-state index contributed by atoms with van der Waals surface area (Å²) in [5.74, 6) is 0.448. The molecule has 6 nitrogen and oxygen atoms in total. The fraction of sp³-hybridized carbons (Fsp3) is 0.235. The molecule has 2 heterocycles. The quantitative estimate of drug-likeness (QED) is 0.693. The third-order valence-electron chi connectivity index (χ3n) is 3.53. The van der Waals surface area contributed by atoms with E-state index in [4.69, 9.17) is 4.74 Å². The summed E-state index contributed by atoms with van der Waals surface area (Å²) in [7, 11) is 0. The Labute approximate surface area is 142 Å². The van der Waals surface area contributed by atoms with Crippen LogP contribution in [0.15, 0.2) is 46.8 Å². The number of nitrogens with zero attached hydrogens (tertiary/aromatic N) is 2. The number of carbonyl (C=O) groups excluding carboxylic acids is 1. The lowest BCUT2D eigenvalue weighted by Crippen LogP contribution is -2.30. The molecule has 124 valence electrons. The van der Waals surface area contributed by atoms with Gasteiger partial charge in [0.15, 0.2) is 5.78 Å². The van der Waals surface area contributed by atoms with E-state index in [0.717, 1.165) is 0 Å². The standard InChI is InChI=1S/C17H16N2O4S/c1-11(20)12-3-2-4-14(7-12)23-9-13(21)8-19-10-18-15-5-6-24-16(15)17(19)22/h2-7,10,13,21H,8-9H2,1H3. The van der Waals surface area contributed by atoms with Gasteiger partial charge in [-0.2, -0.15) is 0 Å². The molecule has 0 fully saturated rings. The van der Waals surface area contributed by atoms with Crippen molar-refractivity contribution in [1.29, 1.82) is 0 Å². The average Bonchev–Trinajstić information content (AvgIpc) is 3.05. The Bertz CT molecular complexity index is 931. The van der Waals surface area contributed by atoms with Gasteiger partial charge in [0.2, 0.25) is 0 Å². The Morgan fingerprint density at radius 2 is 2.25 bits per heavy atom. The molecule has 1 unspecified atom stereocenters. The van der Waals surface area contributed by atoms with Crippen molar-refractivity contribution in [2.24, 2.45) is 0 Å². The summed E-state index contributed by atoms with van der Waals surface area (Å²) >= 11 is 1.33. The van der Waals surface area contributed by atoms with Gasteiger partial charge in [-0.05, 0) is 30.5 Å². The zero-order valence-corrected chi connectivity index (χ0v) is 13.8. The molecule has 0 radical (unpaired) electrons. The maximum atomic E-state index is 12.3. The van der Waals surface area contributed by atoms with Crippen LogP contribution in [-0.2, 0) is 6.54 Å². The first-order valence-corrected chi connectivity index (χ1v) is 8.27. The summed E-state index contributed by atoms with van der Waals surface area (Å²) in [5.41, 5.74) is 1.03. The molecular formula is C17H16N2O4S. The number of ether oxygens (including phenoxy) is 1. The fourth-order valence-corrected chi connectivity index (χ4v) is 3.08. The molecule has 1 aromatic carbocycles. The summed E-state index contributed by atoms with van der Waals surface area (Å²) in [4.78, 5) is 27.8. The number of aliphatic hydroxyl groups is 1. The minimum atomic E-state index is -0.872. The van der Waals surface area contributed by atoms with Crippen molar-refractivity contribution in [1.82, 2.24) is 9.55 Å². The predicted molar refractivity (Wildman–Crippen MR) is 91.8 cm³/mol. The number of hydrogen-bond acceptors (Lipinski definition) is 6. The van der Waals surface area contributed by atoms with E-state index < -0.39 is 6.10 Å². The van der Waals surface area contributed by atoms with Gasteiger partial charge in [-0.15, -0.1) is 11.3 Å². The molecule has 2 aromatic heterocycles. The highest BCUT2D eigenvalue weighted by Gasteiger charge is 2.11. The summed E-state index contributed by atoms with van der Waals surface area (Å²) in [6, 6.07) is 8.54. The molecule has 0 spiro atoms. The van der Waals surface area contributed by atoms with Gasteiger partial charge in [-0.25, -0.2) is 4.98 Å².